The summed E-state index contributed by atoms with van der Waals surface area (Å²) >= 11 is 1.70. The lowest BCUT2D eigenvalue weighted by molar-refractivity contribution is -0.132. The molecule has 30 heavy (non-hydrogen) atoms. The number of thioether (sulfide) groups is 1. The SMILES string of the molecule is CC(C)(C)OC(=O)NC(CCCCNC(=O)c1cccc(N)c1)C(=O)N1CCSC1. The Bertz CT molecular complexity index is 745. The van der Waals surface area contributed by atoms with Crippen molar-refractivity contribution >= 4 is 35.4 Å². The molecule has 1 aromatic carbocycles. The second-order valence-corrected chi connectivity index (χ2v) is 9.29. The first-order valence-corrected chi connectivity index (χ1v) is 11.3. The molecule has 0 aromatic heterocycles. The predicted octanol–water partition coefficient (Wildman–Crippen LogP) is 2.60. The molecule has 1 unspecified atom stereocenters. The first-order valence-electron chi connectivity index (χ1n) is 10.2. The van der Waals surface area contributed by atoms with Crippen molar-refractivity contribution in [2.24, 2.45) is 0 Å². The number of nitrogens with zero attached hydrogens (tertiary/aromatic N) is 1. The number of rotatable bonds is 8. The van der Waals surface area contributed by atoms with Gasteiger partial charge in [0.15, 0.2) is 0 Å². The second-order valence-electron chi connectivity index (χ2n) is 8.21. The maximum absolute atomic E-state index is 12.8. The first kappa shape index (κ1) is 23.9. The molecule has 166 valence electrons. The number of nitrogen functional groups attached to an aromatic ring is 1. The Morgan fingerprint density at radius 2 is 2.03 bits per heavy atom. The van der Waals surface area contributed by atoms with Gasteiger partial charge in [0.05, 0.1) is 5.88 Å². The van der Waals surface area contributed by atoms with E-state index in [0.717, 1.165) is 5.75 Å². The van der Waals surface area contributed by atoms with Crippen LogP contribution in [0.4, 0.5) is 10.5 Å². The lowest BCUT2D eigenvalue weighted by atomic mass is 10.1. The Labute approximate surface area is 182 Å². The van der Waals surface area contributed by atoms with Crippen LogP contribution in [-0.4, -0.2) is 59.2 Å². The zero-order valence-corrected chi connectivity index (χ0v) is 18.7. The fourth-order valence-corrected chi connectivity index (χ4v) is 3.93. The lowest BCUT2D eigenvalue weighted by Crippen LogP contribution is -2.49. The molecule has 0 aliphatic carbocycles. The van der Waals surface area contributed by atoms with Crippen LogP contribution in [0.5, 0.6) is 0 Å². The molecule has 3 amide bonds. The Kier molecular flexibility index (Phi) is 8.83. The molecular weight excluding hydrogens is 404 g/mol. The number of nitrogens with two attached hydrogens (primary N) is 1. The molecule has 0 bridgehead atoms. The molecule has 0 saturated carbocycles. The summed E-state index contributed by atoms with van der Waals surface area (Å²) in [6.07, 6.45) is 1.24. The molecule has 1 heterocycles. The van der Waals surface area contributed by atoms with E-state index in [-0.39, 0.29) is 11.8 Å². The molecular formula is C21H32N4O4S. The summed E-state index contributed by atoms with van der Waals surface area (Å²) in [6.45, 7) is 6.50. The number of benzene rings is 1. The van der Waals surface area contributed by atoms with Gasteiger partial charge in [0.25, 0.3) is 5.91 Å². The van der Waals surface area contributed by atoms with Gasteiger partial charge in [-0.1, -0.05) is 6.07 Å². The van der Waals surface area contributed by atoms with Crippen molar-refractivity contribution < 1.29 is 19.1 Å². The van der Waals surface area contributed by atoms with Gasteiger partial charge in [-0.05, 0) is 58.2 Å². The number of amides is 3. The van der Waals surface area contributed by atoms with Gasteiger partial charge in [-0.3, -0.25) is 9.59 Å². The number of hydrogen-bond donors (Lipinski definition) is 3. The van der Waals surface area contributed by atoms with E-state index in [1.165, 1.54) is 0 Å². The highest BCUT2D eigenvalue weighted by atomic mass is 32.2. The molecule has 1 aromatic rings. The second kappa shape index (κ2) is 11.1. The third-order valence-electron chi connectivity index (χ3n) is 4.41. The molecule has 8 nitrogen and oxygen atoms in total. The van der Waals surface area contributed by atoms with Gasteiger partial charge in [-0.25, -0.2) is 4.79 Å². The summed E-state index contributed by atoms with van der Waals surface area (Å²) in [5.41, 5.74) is 6.12. The predicted molar refractivity (Wildman–Crippen MR) is 119 cm³/mol. The van der Waals surface area contributed by atoms with E-state index in [0.29, 0.717) is 49.5 Å². The van der Waals surface area contributed by atoms with Gasteiger partial charge < -0.3 is 26.0 Å². The van der Waals surface area contributed by atoms with E-state index < -0.39 is 17.7 Å². The number of anilines is 1. The molecule has 1 aliphatic heterocycles. The quantitative estimate of drug-likeness (QED) is 0.426. The molecule has 1 fully saturated rings. The molecule has 1 atom stereocenters. The number of ether oxygens (including phenoxy) is 1. The molecule has 1 aliphatic rings. The smallest absolute Gasteiger partial charge is 0.408 e. The highest BCUT2D eigenvalue weighted by Gasteiger charge is 2.29. The largest absolute Gasteiger partial charge is 0.444 e. The lowest BCUT2D eigenvalue weighted by Gasteiger charge is -2.26. The number of carbonyl (C=O) groups is 3. The van der Waals surface area contributed by atoms with Gasteiger partial charge in [-0.2, -0.15) is 0 Å². The minimum atomic E-state index is -0.636. The van der Waals surface area contributed by atoms with Crippen molar-refractivity contribution in [2.75, 3.05) is 30.5 Å². The average molecular weight is 437 g/mol. The Morgan fingerprint density at radius 3 is 2.67 bits per heavy atom. The van der Waals surface area contributed by atoms with E-state index in [2.05, 4.69) is 10.6 Å². The summed E-state index contributed by atoms with van der Waals surface area (Å²) in [5.74, 6) is 1.27. The fourth-order valence-electron chi connectivity index (χ4n) is 2.97. The van der Waals surface area contributed by atoms with Crippen LogP contribution < -0.4 is 16.4 Å². The standard InChI is InChI=1S/C21H32N4O4S/c1-21(2,3)29-20(28)24-17(19(27)25-11-12-30-14-25)9-4-5-10-23-18(26)15-7-6-8-16(22)13-15/h6-8,13,17H,4-5,9-12,14,22H2,1-3H3,(H,23,26)(H,24,28). The molecule has 0 spiro atoms. The monoisotopic (exact) mass is 436 g/mol. The van der Waals surface area contributed by atoms with Crippen LogP contribution in [0.25, 0.3) is 0 Å². The Morgan fingerprint density at radius 1 is 1.27 bits per heavy atom. The maximum Gasteiger partial charge on any atom is 0.408 e. The normalized spacial score (nSPS) is 14.8. The van der Waals surface area contributed by atoms with E-state index in [9.17, 15) is 14.4 Å². The third-order valence-corrected chi connectivity index (χ3v) is 5.37. The molecule has 2 rings (SSSR count). The number of unbranched alkanes of at least 4 members (excludes halogenated alkanes) is 1. The molecule has 0 radical (unpaired) electrons. The van der Waals surface area contributed by atoms with Gasteiger partial charge in [-0.15, -0.1) is 11.8 Å². The summed E-state index contributed by atoms with van der Waals surface area (Å²) in [5, 5.41) is 5.57. The highest BCUT2D eigenvalue weighted by Crippen LogP contribution is 2.17. The number of carbonyl (C=O) groups excluding carboxylic acids is 3. The van der Waals surface area contributed by atoms with Crippen LogP contribution >= 0.6 is 11.8 Å². The summed E-state index contributed by atoms with van der Waals surface area (Å²) < 4.78 is 5.31. The molecule has 9 heteroatoms. The fraction of sp³-hybridized carbons (Fsp3) is 0.571. The average Bonchev–Trinajstić information content (AvgIpc) is 3.19. The Balaban J connectivity index is 1.82. The van der Waals surface area contributed by atoms with E-state index in [1.54, 1.807) is 61.7 Å². The van der Waals surface area contributed by atoms with Crippen molar-refractivity contribution in [3.05, 3.63) is 29.8 Å². The van der Waals surface area contributed by atoms with Gasteiger partial charge in [0.2, 0.25) is 5.91 Å². The zero-order chi connectivity index (χ0) is 22.1. The number of hydrogen-bond acceptors (Lipinski definition) is 6. The van der Waals surface area contributed by atoms with Crippen LogP contribution in [0, 0.1) is 0 Å². The topological polar surface area (TPSA) is 114 Å². The van der Waals surface area contributed by atoms with Crippen molar-refractivity contribution in [1.82, 2.24) is 15.5 Å². The van der Waals surface area contributed by atoms with E-state index in [1.807, 2.05) is 0 Å². The van der Waals surface area contributed by atoms with Gasteiger partial charge >= 0.3 is 6.09 Å². The third kappa shape index (κ3) is 8.14. The van der Waals surface area contributed by atoms with Crippen molar-refractivity contribution in [2.45, 2.75) is 51.7 Å². The number of alkyl carbamates (subject to hydrolysis) is 1. The minimum absolute atomic E-state index is 0.0883. The number of nitrogens with one attached hydrogen (secondary N) is 2. The van der Waals surface area contributed by atoms with Crippen LogP contribution in [0.1, 0.15) is 50.4 Å². The van der Waals surface area contributed by atoms with Crippen LogP contribution in [0.15, 0.2) is 24.3 Å². The van der Waals surface area contributed by atoms with Crippen molar-refractivity contribution in [3.8, 4) is 0 Å². The van der Waals surface area contributed by atoms with Crippen LogP contribution in [0.2, 0.25) is 0 Å². The van der Waals surface area contributed by atoms with E-state index >= 15 is 0 Å². The van der Waals surface area contributed by atoms with Gasteiger partial charge in [0, 0.05) is 30.1 Å². The first-order chi connectivity index (χ1) is 14.2. The van der Waals surface area contributed by atoms with E-state index in [4.69, 9.17) is 10.5 Å². The van der Waals surface area contributed by atoms with Crippen molar-refractivity contribution in [1.29, 1.82) is 0 Å². The van der Waals surface area contributed by atoms with Gasteiger partial charge in [0.1, 0.15) is 11.6 Å². The van der Waals surface area contributed by atoms with Crippen LogP contribution in [0.3, 0.4) is 0 Å². The highest BCUT2D eigenvalue weighted by molar-refractivity contribution is 7.99. The minimum Gasteiger partial charge on any atom is -0.444 e. The summed E-state index contributed by atoms with van der Waals surface area (Å²) in [7, 11) is 0. The zero-order valence-electron chi connectivity index (χ0n) is 17.9. The van der Waals surface area contributed by atoms with Crippen molar-refractivity contribution in [3.63, 3.8) is 0 Å². The molecule has 1 saturated heterocycles. The Hall–Kier alpha value is -2.42. The summed E-state index contributed by atoms with van der Waals surface area (Å²) in [4.78, 5) is 38.9. The molecule has 4 N–H and O–H groups in total. The maximum atomic E-state index is 12.8. The summed E-state index contributed by atoms with van der Waals surface area (Å²) in [6, 6.07) is 6.16. The van der Waals surface area contributed by atoms with Crippen LogP contribution in [-0.2, 0) is 9.53 Å².